The van der Waals surface area contributed by atoms with Gasteiger partial charge in [0.25, 0.3) is 0 Å². The van der Waals surface area contributed by atoms with Crippen LogP contribution in [0, 0.1) is 0 Å². The van der Waals surface area contributed by atoms with Crippen molar-refractivity contribution in [2.24, 2.45) is 0 Å². The van der Waals surface area contributed by atoms with E-state index >= 15 is 0 Å². The number of halogens is 1. The Hall–Kier alpha value is -0.340. The third-order valence-corrected chi connectivity index (χ3v) is 1.85. The molecule has 0 heterocycles. The minimum Gasteiger partial charge on any atom is -0.377 e. The van der Waals surface area contributed by atoms with E-state index in [1.807, 2.05) is 6.08 Å². The van der Waals surface area contributed by atoms with Crippen molar-refractivity contribution in [2.75, 3.05) is 18.5 Å². The maximum absolute atomic E-state index is 5.36. The van der Waals surface area contributed by atoms with E-state index < -0.39 is 0 Å². The highest BCUT2D eigenvalue weighted by atomic mass is 79.9. The van der Waals surface area contributed by atoms with Crippen molar-refractivity contribution in [1.29, 1.82) is 0 Å². The van der Waals surface area contributed by atoms with Gasteiger partial charge in [0.15, 0.2) is 0 Å². The Morgan fingerprint density at radius 2 is 2.17 bits per heavy atom. The summed E-state index contributed by atoms with van der Waals surface area (Å²) in [5.41, 5.74) is 1.07. The molecule has 0 aliphatic rings. The zero-order valence-electron chi connectivity index (χ0n) is 7.26. The highest BCUT2D eigenvalue weighted by Gasteiger charge is 1.90. The molecule has 0 atom stereocenters. The fraction of sp³-hybridized carbons (Fsp3) is 0.400. The second-order valence-corrected chi connectivity index (χ2v) is 3.07. The molecule has 1 nitrogen and oxygen atoms in total. The predicted molar refractivity (Wildman–Crippen MR) is 57.7 cm³/mol. The van der Waals surface area contributed by atoms with Gasteiger partial charge in [0.05, 0.1) is 6.61 Å². The SMILES string of the molecule is C=C/C=C(\C=C)COCCCBr. The molecule has 0 aromatic rings. The highest BCUT2D eigenvalue weighted by molar-refractivity contribution is 9.09. The first-order valence-electron chi connectivity index (χ1n) is 3.93. The van der Waals surface area contributed by atoms with Gasteiger partial charge < -0.3 is 4.74 Å². The lowest BCUT2D eigenvalue weighted by Gasteiger charge is -2.02. The number of hydrogen-bond donors (Lipinski definition) is 0. The third kappa shape index (κ3) is 6.38. The molecule has 0 N–H and O–H groups in total. The molecule has 0 aliphatic heterocycles. The molecule has 0 saturated carbocycles. The van der Waals surface area contributed by atoms with Gasteiger partial charge in [-0.15, -0.1) is 0 Å². The summed E-state index contributed by atoms with van der Waals surface area (Å²) >= 11 is 3.33. The minimum absolute atomic E-state index is 0.628. The quantitative estimate of drug-likeness (QED) is 0.371. The van der Waals surface area contributed by atoms with Gasteiger partial charge in [-0.05, 0) is 12.0 Å². The van der Waals surface area contributed by atoms with E-state index in [0.717, 1.165) is 23.9 Å². The van der Waals surface area contributed by atoms with Gasteiger partial charge in [-0.3, -0.25) is 0 Å². The van der Waals surface area contributed by atoms with Gasteiger partial charge >= 0.3 is 0 Å². The summed E-state index contributed by atoms with van der Waals surface area (Å²) in [6, 6.07) is 0. The largest absolute Gasteiger partial charge is 0.377 e. The van der Waals surface area contributed by atoms with Crippen molar-refractivity contribution in [3.05, 3.63) is 37.0 Å². The summed E-state index contributed by atoms with van der Waals surface area (Å²) in [4.78, 5) is 0. The summed E-state index contributed by atoms with van der Waals surface area (Å²) in [6.45, 7) is 8.69. The van der Waals surface area contributed by atoms with Gasteiger partial charge in [0, 0.05) is 11.9 Å². The van der Waals surface area contributed by atoms with Gasteiger partial charge in [0.1, 0.15) is 0 Å². The summed E-state index contributed by atoms with van der Waals surface area (Å²) in [6.07, 6.45) is 6.47. The molecule has 0 aromatic heterocycles. The van der Waals surface area contributed by atoms with E-state index in [2.05, 4.69) is 29.1 Å². The standard InChI is InChI=1S/C10H15BrO/c1-3-6-10(4-2)9-12-8-5-7-11/h3-4,6H,1-2,5,7-9H2/b10-6+. The molecular formula is C10H15BrO. The lowest BCUT2D eigenvalue weighted by Crippen LogP contribution is -1.98. The monoisotopic (exact) mass is 230 g/mol. The first-order valence-corrected chi connectivity index (χ1v) is 5.05. The average molecular weight is 231 g/mol. The first-order chi connectivity index (χ1) is 5.85. The van der Waals surface area contributed by atoms with Crippen LogP contribution in [-0.4, -0.2) is 18.5 Å². The number of hydrogen-bond acceptors (Lipinski definition) is 1. The van der Waals surface area contributed by atoms with E-state index in [1.54, 1.807) is 12.2 Å². The summed E-state index contributed by atoms with van der Waals surface area (Å²) < 4.78 is 5.36. The zero-order chi connectivity index (χ0) is 9.23. The van der Waals surface area contributed by atoms with Crippen LogP contribution in [0.5, 0.6) is 0 Å². The highest BCUT2D eigenvalue weighted by Crippen LogP contribution is 1.98. The van der Waals surface area contributed by atoms with E-state index in [9.17, 15) is 0 Å². The molecule has 0 radical (unpaired) electrons. The number of rotatable bonds is 7. The topological polar surface area (TPSA) is 9.23 Å². The minimum atomic E-state index is 0.628. The van der Waals surface area contributed by atoms with Crippen LogP contribution in [0.1, 0.15) is 6.42 Å². The molecule has 68 valence electrons. The number of alkyl halides is 1. The number of ether oxygens (including phenoxy) is 1. The average Bonchev–Trinajstić information content (AvgIpc) is 2.10. The van der Waals surface area contributed by atoms with E-state index in [-0.39, 0.29) is 0 Å². The van der Waals surface area contributed by atoms with Crippen LogP contribution in [0.25, 0.3) is 0 Å². The van der Waals surface area contributed by atoms with Crippen LogP contribution in [0.4, 0.5) is 0 Å². The normalized spacial score (nSPS) is 11.2. The summed E-state index contributed by atoms with van der Waals surface area (Å²) in [5.74, 6) is 0. The van der Waals surface area contributed by atoms with Crippen LogP contribution >= 0.6 is 15.9 Å². The maximum Gasteiger partial charge on any atom is 0.0716 e. The van der Waals surface area contributed by atoms with Crippen LogP contribution in [-0.2, 0) is 4.74 Å². The van der Waals surface area contributed by atoms with Gasteiger partial charge in [0.2, 0.25) is 0 Å². The summed E-state index contributed by atoms with van der Waals surface area (Å²) in [7, 11) is 0. The Balaban J connectivity index is 3.51. The predicted octanol–water partition coefficient (Wildman–Crippen LogP) is 3.09. The summed E-state index contributed by atoms with van der Waals surface area (Å²) in [5, 5.41) is 0.988. The van der Waals surface area contributed by atoms with E-state index in [0.29, 0.717) is 6.61 Å². The second-order valence-electron chi connectivity index (χ2n) is 2.28. The molecule has 0 amide bonds. The smallest absolute Gasteiger partial charge is 0.0716 e. The molecule has 12 heavy (non-hydrogen) atoms. The Bertz CT molecular complexity index is 161. The van der Waals surface area contributed by atoms with Gasteiger partial charge in [-0.2, -0.15) is 0 Å². The Morgan fingerprint density at radius 1 is 1.42 bits per heavy atom. The maximum atomic E-state index is 5.36. The first kappa shape index (κ1) is 11.7. The van der Waals surface area contributed by atoms with Crippen molar-refractivity contribution in [3.63, 3.8) is 0 Å². The van der Waals surface area contributed by atoms with Crippen LogP contribution < -0.4 is 0 Å². The third-order valence-electron chi connectivity index (χ3n) is 1.29. The van der Waals surface area contributed by atoms with Crippen molar-refractivity contribution in [3.8, 4) is 0 Å². The van der Waals surface area contributed by atoms with Crippen molar-refractivity contribution >= 4 is 15.9 Å². The molecule has 0 rings (SSSR count). The lowest BCUT2D eigenvalue weighted by molar-refractivity contribution is 0.159. The fourth-order valence-corrected chi connectivity index (χ4v) is 0.902. The molecule has 0 fully saturated rings. The molecule has 0 aromatic carbocycles. The van der Waals surface area contributed by atoms with Crippen molar-refractivity contribution < 1.29 is 4.74 Å². The lowest BCUT2D eigenvalue weighted by atomic mass is 10.2. The van der Waals surface area contributed by atoms with Gasteiger partial charge in [-0.1, -0.05) is 47.3 Å². The molecule has 0 unspecified atom stereocenters. The molecule has 0 bridgehead atoms. The fourth-order valence-electron chi connectivity index (χ4n) is 0.673. The second kappa shape index (κ2) is 8.75. The van der Waals surface area contributed by atoms with Gasteiger partial charge in [-0.25, -0.2) is 0 Å². The van der Waals surface area contributed by atoms with Crippen LogP contribution in [0.2, 0.25) is 0 Å². The van der Waals surface area contributed by atoms with E-state index in [1.165, 1.54) is 0 Å². The van der Waals surface area contributed by atoms with Crippen molar-refractivity contribution in [1.82, 2.24) is 0 Å². The molecule has 0 spiro atoms. The van der Waals surface area contributed by atoms with Crippen LogP contribution in [0.3, 0.4) is 0 Å². The Labute approximate surface area is 82.9 Å². The van der Waals surface area contributed by atoms with Crippen molar-refractivity contribution in [2.45, 2.75) is 6.42 Å². The zero-order valence-corrected chi connectivity index (χ0v) is 8.85. The Kier molecular flexibility index (Phi) is 8.51. The number of allylic oxidation sites excluding steroid dienone is 2. The molecule has 0 saturated heterocycles. The Morgan fingerprint density at radius 3 is 2.67 bits per heavy atom. The molecular weight excluding hydrogens is 216 g/mol. The molecule has 0 aliphatic carbocycles. The van der Waals surface area contributed by atoms with Crippen LogP contribution in [0.15, 0.2) is 37.0 Å². The molecule has 2 heteroatoms. The van der Waals surface area contributed by atoms with E-state index in [4.69, 9.17) is 4.74 Å².